The van der Waals surface area contributed by atoms with Gasteiger partial charge in [0.25, 0.3) is 0 Å². The first-order valence-corrected chi connectivity index (χ1v) is 13.9. The minimum atomic E-state index is -0.0421. The van der Waals surface area contributed by atoms with Crippen molar-refractivity contribution in [3.63, 3.8) is 0 Å². The van der Waals surface area contributed by atoms with Crippen LogP contribution < -0.4 is 10.6 Å². The Hall–Kier alpha value is -1.56. The van der Waals surface area contributed by atoms with Gasteiger partial charge in [0, 0.05) is 30.4 Å². The zero-order valence-electron chi connectivity index (χ0n) is 20.7. The molecule has 1 aromatic heterocycles. The number of nitrogens with zero attached hydrogens (tertiary/aromatic N) is 1. The van der Waals surface area contributed by atoms with Crippen LogP contribution in [0.5, 0.6) is 0 Å². The summed E-state index contributed by atoms with van der Waals surface area (Å²) in [5.74, 6) is 3.14. The van der Waals surface area contributed by atoms with Gasteiger partial charge in [0.1, 0.15) is 0 Å². The highest BCUT2D eigenvalue weighted by atomic mass is 32.1. The van der Waals surface area contributed by atoms with Crippen LogP contribution in [0.4, 0.5) is 4.79 Å². The summed E-state index contributed by atoms with van der Waals surface area (Å²) in [6.45, 7) is 7.84. The molecule has 1 aromatic rings. The Bertz CT molecular complexity index is 888. The van der Waals surface area contributed by atoms with E-state index in [0.29, 0.717) is 29.8 Å². The molecule has 182 valence electrons. The third-order valence-corrected chi connectivity index (χ3v) is 11.5. The third-order valence-electron chi connectivity index (χ3n) is 10.6. The molecule has 1 aliphatic heterocycles. The molecule has 6 heteroatoms. The van der Waals surface area contributed by atoms with Crippen LogP contribution in [0, 0.1) is 34.5 Å². The number of rotatable bonds is 4. The molecule has 3 saturated carbocycles. The van der Waals surface area contributed by atoms with Crippen LogP contribution in [0.15, 0.2) is 17.5 Å². The SMILES string of the molecule is CC(NC(=O)NCc1cccs1)[C@H]1CC[C@H]2[C@@H]3CC[C@H]4N(C)C(=O)CC[C@]4(C)[C@H]3CC[C@]12C. The van der Waals surface area contributed by atoms with Crippen molar-refractivity contribution >= 4 is 23.3 Å². The summed E-state index contributed by atoms with van der Waals surface area (Å²) in [6, 6.07) is 4.65. The second-order valence-electron chi connectivity index (χ2n) is 11.9. The number of carbonyl (C=O) groups excluding carboxylic acids is 2. The predicted molar refractivity (Wildman–Crippen MR) is 133 cm³/mol. The largest absolute Gasteiger partial charge is 0.342 e. The normalized spacial score (nSPS) is 41.0. The van der Waals surface area contributed by atoms with Gasteiger partial charge in [0.15, 0.2) is 0 Å². The highest BCUT2D eigenvalue weighted by molar-refractivity contribution is 7.09. The topological polar surface area (TPSA) is 61.4 Å². The van der Waals surface area contributed by atoms with E-state index in [1.165, 1.54) is 37.0 Å². The van der Waals surface area contributed by atoms with Gasteiger partial charge < -0.3 is 15.5 Å². The van der Waals surface area contributed by atoms with E-state index < -0.39 is 0 Å². The number of likely N-dealkylation sites (tertiary alicyclic amines) is 1. The third kappa shape index (κ3) is 3.81. The van der Waals surface area contributed by atoms with Gasteiger partial charge in [0.05, 0.1) is 6.54 Å². The van der Waals surface area contributed by atoms with E-state index in [2.05, 4.69) is 42.4 Å². The van der Waals surface area contributed by atoms with Crippen molar-refractivity contribution in [1.82, 2.24) is 15.5 Å². The van der Waals surface area contributed by atoms with E-state index in [1.54, 1.807) is 11.3 Å². The standard InChI is InChI=1S/C27H41N3O2S/c1-17(29-25(32)28-16-18-6-5-15-33-18)20-8-9-21-19-7-10-23-27(3,14-12-24(31)30(23)4)22(19)11-13-26(20,21)2/h5-6,15,17,19-23H,7-14,16H2,1-4H3,(H2,28,29,32)/t17?,19-,20+,21-,22-,23+,26+,27+/m0/s1. The fourth-order valence-corrected chi connectivity index (χ4v) is 9.60. The van der Waals surface area contributed by atoms with Gasteiger partial charge in [-0.15, -0.1) is 11.3 Å². The molecule has 2 N–H and O–H groups in total. The zero-order valence-corrected chi connectivity index (χ0v) is 21.5. The Morgan fingerprint density at radius 3 is 2.70 bits per heavy atom. The number of nitrogens with one attached hydrogen (secondary N) is 2. The Balaban J connectivity index is 1.25. The Morgan fingerprint density at radius 2 is 1.94 bits per heavy atom. The predicted octanol–water partition coefficient (Wildman–Crippen LogP) is 5.42. The molecule has 0 spiro atoms. The van der Waals surface area contributed by atoms with Gasteiger partial charge >= 0.3 is 6.03 Å². The summed E-state index contributed by atoms with van der Waals surface area (Å²) < 4.78 is 0. The fourth-order valence-electron chi connectivity index (χ4n) is 8.95. The lowest BCUT2D eigenvalue weighted by atomic mass is 9.46. The van der Waals surface area contributed by atoms with Crippen molar-refractivity contribution < 1.29 is 9.59 Å². The van der Waals surface area contributed by atoms with Crippen LogP contribution in [-0.2, 0) is 11.3 Å². The Morgan fingerprint density at radius 1 is 1.15 bits per heavy atom. The molecular weight excluding hydrogens is 430 g/mol. The number of urea groups is 1. The molecule has 4 aliphatic rings. The van der Waals surface area contributed by atoms with Crippen LogP contribution in [0.1, 0.15) is 77.0 Å². The molecule has 1 unspecified atom stereocenters. The molecule has 3 amide bonds. The van der Waals surface area contributed by atoms with E-state index in [-0.39, 0.29) is 17.5 Å². The second-order valence-corrected chi connectivity index (χ2v) is 12.9. The molecule has 4 fully saturated rings. The van der Waals surface area contributed by atoms with Crippen LogP contribution in [-0.4, -0.2) is 36.0 Å². The van der Waals surface area contributed by atoms with E-state index in [4.69, 9.17) is 0 Å². The summed E-state index contributed by atoms with van der Waals surface area (Å²) in [4.78, 5) is 28.3. The van der Waals surface area contributed by atoms with E-state index in [0.717, 1.165) is 37.0 Å². The molecule has 0 radical (unpaired) electrons. The smallest absolute Gasteiger partial charge is 0.315 e. The summed E-state index contributed by atoms with van der Waals surface area (Å²) in [5.41, 5.74) is 0.581. The van der Waals surface area contributed by atoms with Crippen molar-refractivity contribution in [3.05, 3.63) is 22.4 Å². The zero-order chi connectivity index (χ0) is 23.4. The second kappa shape index (κ2) is 8.58. The van der Waals surface area contributed by atoms with E-state index in [1.807, 2.05) is 18.5 Å². The van der Waals surface area contributed by atoms with Crippen molar-refractivity contribution in [3.8, 4) is 0 Å². The molecule has 1 saturated heterocycles. The van der Waals surface area contributed by atoms with E-state index in [9.17, 15) is 9.59 Å². The van der Waals surface area contributed by atoms with Crippen molar-refractivity contribution in [2.75, 3.05) is 7.05 Å². The highest BCUT2D eigenvalue weighted by Crippen LogP contribution is 2.66. The Labute approximate surface area is 203 Å². The molecule has 5 nitrogen and oxygen atoms in total. The van der Waals surface area contributed by atoms with Gasteiger partial charge in [-0.3, -0.25) is 4.79 Å². The van der Waals surface area contributed by atoms with Gasteiger partial charge in [-0.05, 0) is 97.8 Å². The molecule has 0 aromatic carbocycles. The van der Waals surface area contributed by atoms with Gasteiger partial charge in [0.2, 0.25) is 5.91 Å². The summed E-state index contributed by atoms with van der Waals surface area (Å²) in [6.07, 6.45) is 9.26. The molecule has 8 atom stereocenters. The summed E-state index contributed by atoms with van der Waals surface area (Å²) in [5, 5.41) is 8.38. The lowest BCUT2D eigenvalue weighted by Gasteiger charge is -2.62. The number of piperidine rings is 1. The van der Waals surface area contributed by atoms with Crippen molar-refractivity contribution in [2.45, 2.75) is 90.8 Å². The Kier molecular flexibility index (Phi) is 6.03. The fraction of sp³-hybridized carbons (Fsp3) is 0.778. The molecule has 5 rings (SSSR count). The molecule has 33 heavy (non-hydrogen) atoms. The monoisotopic (exact) mass is 471 g/mol. The minimum Gasteiger partial charge on any atom is -0.342 e. The van der Waals surface area contributed by atoms with Gasteiger partial charge in [-0.25, -0.2) is 4.79 Å². The molecule has 2 heterocycles. The molecule has 0 bridgehead atoms. The highest BCUT2D eigenvalue weighted by Gasteiger charge is 2.61. The summed E-state index contributed by atoms with van der Waals surface area (Å²) in [7, 11) is 2.04. The lowest BCUT2D eigenvalue weighted by molar-refractivity contribution is -0.158. The number of hydrogen-bond donors (Lipinski definition) is 2. The maximum absolute atomic E-state index is 12.6. The number of fused-ring (bicyclic) bond motifs is 5. The molecular formula is C27H41N3O2S. The first kappa shape index (κ1) is 23.2. The van der Waals surface area contributed by atoms with Gasteiger partial charge in [-0.1, -0.05) is 19.9 Å². The quantitative estimate of drug-likeness (QED) is 0.616. The van der Waals surface area contributed by atoms with Crippen molar-refractivity contribution in [2.24, 2.45) is 34.5 Å². The average Bonchev–Trinajstić information content (AvgIpc) is 3.42. The maximum atomic E-state index is 12.6. The van der Waals surface area contributed by atoms with Crippen LogP contribution in [0.25, 0.3) is 0 Å². The first-order chi connectivity index (χ1) is 15.7. The van der Waals surface area contributed by atoms with Crippen LogP contribution >= 0.6 is 11.3 Å². The van der Waals surface area contributed by atoms with E-state index >= 15 is 0 Å². The average molecular weight is 472 g/mol. The minimum absolute atomic E-state index is 0.0421. The number of amides is 3. The lowest BCUT2D eigenvalue weighted by Crippen LogP contribution is -2.61. The first-order valence-electron chi connectivity index (χ1n) is 13.1. The van der Waals surface area contributed by atoms with Gasteiger partial charge in [-0.2, -0.15) is 0 Å². The molecule has 3 aliphatic carbocycles. The van der Waals surface area contributed by atoms with Crippen LogP contribution in [0.2, 0.25) is 0 Å². The number of carbonyl (C=O) groups is 2. The number of thiophene rings is 1. The summed E-state index contributed by atoms with van der Waals surface area (Å²) >= 11 is 1.68. The number of hydrogen-bond acceptors (Lipinski definition) is 3. The maximum Gasteiger partial charge on any atom is 0.315 e. The van der Waals surface area contributed by atoms with Crippen LogP contribution in [0.3, 0.4) is 0 Å². The van der Waals surface area contributed by atoms with Crippen molar-refractivity contribution in [1.29, 1.82) is 0 Å².